The minimum Gasteiger partial charge on any atom is -0.457 e. The summed E-state index contributed by atoms with van der Waals surface area (Å²) in [6.45, 7) is 8.92. The summed E-state index contributed by atoms with van der Waals surface area (Å²) in [5, 5.41) is 5.61. The molecule has 3 heterocycles. The van der Waals surface area contributed by atoms with E-state index in [9.17, 15) is 9.18 Å². The van der Waals surface area contributed by atoms with Crippen LogP contribution in [0.5, 0.6) is 0 Å². The normalized spacial score (nSPS) is 14.1. The number of ether oxygens (including phenoxy) is 3. The van der Waals surface area contributed by atoms with Gasteiger partial charge in [0.2, 0.25) is 0 Å². The molecule has 0 amide bonds. The topological polar surface area (TPSA) is 67.5 Å². The molecule has 2 aromatic heterocycles. The fourth-order valence-corrected chi connectivity index (χ4v) is 7.46. The van der Waals surface area contributed by atoms with Crippen molar-refractivity contribution in [3.63, 3.8) is 0 Å². The Bertz CT molecular complexity index is 2120. The van der Waals surface area contributed by atoms with E-state index in [2.05, 4.69) is 29.3 Å². The maximum absolute atomic E-state index is 17.3. The second-order valence-corrected chi connectivity index (χ2v) is 19.7. The van der Waals surface area contributed by atoms with E-state index in [1.54, 1.807) is 35.1 Å². The first-order valence-electron chi connectivity index (χ1n) is 17.1. The van der Waals surface area contributed by atoms with Gasteiger partial charge in [-0.2, -0.15) is 5.10 Å². The second-order valence-electron chi connectivity index (χ2n) is 14.1. The minimum atomic E-state index is -1.31. The Morgan fingerprint density at radius 1 is 0.960 bits per heavy atom. The average molecular weight is 694 g/mol. The standard InChI is InChI=1S/C40H41F2N3O4Si/c1-50(2,3)22-21-48-26-44-39-31(24-43-44)23-34-36(37(39)42)35(28-9-11-30(12-10-28)40(46)49-25-27-7-5-4-6-8-27)38(29-17-19-47-20-18-29)45(34)33-15-13-32(41)14-16-33/h4-16,23-24,29H,17-22,25-26H2,1-3H3. The molecule has 4 aromatic carbocycles. The predicted molar refractivity (Wildman–Crippen MR) is 194 cm³/mol. The highest BCUT2D eigenvalue weighted by atomic mass is 28.3. The molecule has 1 fully saturated rings. The summed E-state index contributed by atoms with van der Waals surface area (Å²) in [5.41, 5.74) is 5.45. The van der Waals surface area contributed by atoms with E-state index in [4.69, 9.17) is 14.2 Å². The number of rotatable bonds is 11. The van der Waals surface area contributed by atoms with Gasteiger partial charge in [0.05, 0.1) is 17.3 Å². The van der Waals surface area contributed by atoms with Crippen LogP contribution in [-0.4, -0.2) is 48.2 Å². The van der Waals surface area contributed by atoms with E-state index in [1.807, 2.05) is 48.5 Å². The lowest BCUT2D eigenvalue weighted by Gasteiger charge is -2.26. The van der Waals surface area contributed by atoms with Gasteiger partial charge in [-0.1, -0.05) is 62.1 Å². The van der Waals surface area contributed by atoms with Gasteiger partial charge in [-0.05, 0) is 72.5 Å². The van der Waals surface area contributed by atoms with Crippen molar-refractivity contribution in [1.29, 1.82) is 0 Å². The quantitative estimate of drug-likeness (QED) is 0.0769. The molecule has 0 N–H and O–H groups in total. The zero-order valence-electron chi connectivity index (χ0n) is 28.6. The average Bonchev–Trinajstić information content (AvgIpc) is 3.69. The smallest absolute Gasteiger partial charge is 0.338 e. The van der Waals surface area contributed by atoms with Crippen molar-refractivity contribution < 1.29 is 27.8 Å². The van der Waals surface area contributed by atoms with Gasteiger partial charge in [0.1, 0.15) is 24.7 Å². The van der Waals surface area contributed by atoms with E-state index in [1.165, 1.54) is 12.1 Å². The van der Waals surface area contributed by atoms with Crippen molar-refractivity contribution in [2.75, 3.05) is 19.8 Å². The third-order valence-corrected chi connectivity index (χ3v) is 11.1. The lowest BCUT2D eigenvalue weighted by atomic mass is 9.89. The number of benzene rings is 4. The fraction of sp³-hybridized carbons (Fsp3) is 0.300. The molecule has 1 aliphatic heterocycles. The Balaban J connectivity index is 1.37. The third kappa shape index (κ3) is 7.01. The van der Waals surface area contributed by atoms with Crippen LogP contribution in [0.4, 0.5) is 8.78 Å². The molecule has 6 aromatic rings. The molecule has 0 aliphatic carbocycles. The van der Waals surface area contributed by atoms with Crippen molar-refractivity contribution >= 4 is 35.8 Å². The molecule has 0 atom stereocenters. The number of hydrogen-bond acceptors (Lipinski definition) is 5. The van der Waals surface area contributed by atoms with Crippen molar-refractivity contribution in [2.24, 2.45) is 0 Å². The van der Waals surface area contributed by atoms with E-state index >= 15 is 4.39 Å². The Morgan fingerprint density at radius 3 is 2.38 bits per heavy atom. The van der Waals surface area contributed by atoms with Crippen LogP contribution >= 0.6 is 0 Å². The molecule has 10 heteroatoms. The van der Waals surface area contributed by atoms with Crippen LogP contribution in [0.1, 0.15) is 40.4 Å². The highest BCUT2D eigenvalue weighted by Gasteiger charge is 2.31. The summed E-state index contributed by atoms with van der Waals surface area (Å²) < 4.78 is 52.5. The molecule has 0 radical (unpaired) electrons. The summed E-state index contributed by atoms with van der Waals surface area (Å²) in [6.07, 6.45) is 3.16. The Hall–Kier alpha value is -4.64. The molecule has 1 aliphatic rings. The van der Waals surface area contributed by atoms with Crippen molar-refractivity contribution in [3.8, 4) is 16.8 Å². The predicted octanol–water partition coefficient (Wildman–Crippen LogP) is 9.49. The molecule has 0 bridgehead atoms. The zero-order chi connectivity index (χ0) is 34.8. The number of halogens is 2. The van der Waals surface area contributed by atoms with E-state index in [0.717, 1.165) is 47.0 Å². The van der Waals surface area contributed by atoms with Gasteiger partial charge in [0, 0.05) is 61.5 Å². The van der Waals surface area contributed by atoms with Crippen molar-refractivity contribution in [1.82, 2.24) is 14.3 Å². The molecule has 258 valence electrons. The van der Waals surface area contributed by atoms with Crippen LogP contribution in [0.2, 0.25) is 25.7 Å². The number of esters is 1. The largest absolute Gasteiger partial charge is 0.457 e. The highest BCUT2D eigenvalue weighted by Crippen LogP contribution is 2.46. The monoisotopic (exact) mass is 693 g/mol. The molecule has 7 rings (SSSR count). The summed E-state index contributed by atoms with van der Waals surface area (Å²) in [5.74, 6) is -1.16. The summed E-state index contributed by atoms with van der Waals surface area (Å²) in [4.78, 5) is 13.0. The van der Waals surface area contributed by atoms with E-state index < -0.39 is 19.9 Å². The maximum Gasteiger partial charge on any atom is 0.338 e. The first kappa shape index (κ1) is 33.8. The minimum absolute atomic E-state index is 0.0376. The number of hydrogen-bond donors (Lipinski definition) is 0. The first-order chi connectivity index (χ1) is 24.2. The van der Waals surface area contributed by atoms with Gasteiger partial charge >= 0.3 is 5.97 Å². The van der Waals surface area contributed by atoms with Gasteiger partial charge in [-0.3, -0.25) is 0 Å². The first-order valence-corrected chi connectivity index (χ1v) is 20.8. The van der Waals surface area contributed by atoms with Gasteiger partial charge in [0.25, 0.3) is 0 Å². The number of carbonyl (C=O) groups excluding carboxylic acids is 1. The van der Waals surface area contributed by atoms with Gasteiger partial charge in [-0.25, -0.2) is 18.3 Å². The summed E-state index contributed by atoms with van der Waals surface area (Å²) >= 11 is 0. The zero-order valence-corrected chi connectivity index (χ0v) is 29.6. The second kappa shape index (κ2) is 14.3. The lowest BCUT2D eigenvalue weighted by molar-refractivity contribution is 0.0472. The third-order valence-electron chi connectivity index (χ3n) is 9.36. The van der Waals surface area contributed by atoms with E-state index in [-0.39, 0.29) is 25.1 Å². The number of nitrogens with zero attached hydrogens (tertiary/aromatic N) is 3. The van der Waals surface area contributed by atoms with Crippen LogP contribution in [0, 0.1) is 11.6 Å². The number of aromatic nitrogens is 3. The number of fused-ring (bicyclic) bond motifs is 2. The van der Waals surface area contributed by atoms with Crippen LogP contribution in [0.15, 0.2) is 91.1 Å². The van der Waals surface area contributed by atoms with Crippen LogP contribution in [0.25, 0.3) is 38.6 Å². The molecule has 7 nitrogen and oxygen atoms in total. The number of carbonyl (C=O) groups is 1. The summed E-state index contributed by atoms with van der Waals surface area (Å²) in [6, 6.07) is 25.9. The Morgan fingerprint density at radius 2 is 1.68 bits per heavy atom. The fourth-order valence-electron chi connectivity index (χ4n) is 6.70. The molecule has 1 saturated heterocycles. The van der Waals surface area contributed by atoms with Crippen LogP contribution < -0.4 is 0 Å². The molecule has 0 unspecified atom stereocenters. The lowest BCUT2D eigenvalue weighted by Crippen LogP contribution is -2.22. The molecule has 50 heavy (non-hydrogen) atoms. The molecular formula is C40H41F2N3O4Si. The van der Waals surface area contributed by atoms with Gasteiger partial charge in [-0.15, -0.1) is 0 Å². The SMILES string of the molecule is C[Si](C)(C)CCOCn1ncc2cc3c(c(-c4ccc(C(=O)OCc5ccccc5)cc4)c(C4CCOCC4)n3-c3ccc(F)cc3)c(F)c21. The van der Waals surface area contributed by atoms with Crippen LogP contribution in [-0.2, 0) is 27.5 Å². The van der Waals surface area contributed by atoms with Gasteiger partial charge in [0.15, 0.2) is 5.82 Å². The Labute approximate surface area is 291 Å². The Kier molecular flexibility index (Phi) is 9.68. The maximum atomic E-state index is 17.3. The highest BCUT2D eigenvalue weighted by molar-refractivity contribution is 6.76. The molecule has 0 spiro atoms. The van der Waals surface area contributed by atoms with Crippen LogP contribution in [0.3, 0.4) is 0 Å². The molecule has 0 saturated carbocycles. The summed E-state index contributed by atoms with van der Waals surface area (Å²) in [7, 11) is -1.31. The van der Waals surface area contributed by atoms with E-state index in [0.29, 0.717) is 47.2 Å². The van der Waals surface area contributed by atoms with Gasteiger partial charge < -0.3 is 18.8 Å². The van der Waals surface area contributed by atoms with Crippen molar-refractivity contribution in [3.05, 3.63) is 120 Å². The van der Waals surface area contributed by atoms with Crippen molar-refractivity contribution in [2.45, 2.75) is 57.8 Å². The molecular weight excluding hydrogens is 653 g/mol.